The van der Waals surface area contributed by atoms with E-state index in [1.807, 2.05) is 13.0 Å². The topological polar surface area (TPSA) is 29.5 Å². The molecule has 2 nitrogen and oxygen atoms in total. The molecule has 1 aromatic carbocycles. The summed E-state index contributed by atoms with van der Waals surface area (Å²) in [5.41, 5.74) is 4.60. The molecule has 2 aromatic rings. The van der Waals surface area contributed by atoms with Gasteiger partial charge in [-0.2, -0.15) is 0 Å². The van der Waals surface area contributed by atoms with Crippen LogP contribution in [0.15, 0.2) is 18.2 Å². The van der Waals surface area contributed by atoms with E-state index in [4.69, 9.17) is 4.74 Å². The van der Waals surface area contributed by atoms with Crippen LogP contribution in [0.5, 0.6) is 5.75 Å². The van der Waals surface area contributed by atoms with Gasteiger partial charge in [0.05, 0.1) is 7.11 Å². The fourth-order valence-electron chi connectivity index (χ4n) is 3.10. The number of aliphatic hydroxyl groups is 1. The molecule has 1 N–H and O–H groups in total. The predicted octanol–water partition coefficient (Wildman–Crippen LogP) is 4.33. The van der Waals surface area contributed by atoms with Gasteiger partial charge in [-0.15, -0.1) is 11.3 Å². The van der Waals surface area contributed by atoms with Crippen molar-refractivity contribution in [1.82, 2.24) is 0 Å². The number of rotatable bonds is 3. The SMILES string of the molecule is COc1c(C(O)c2cc3c(s2)CCCC3)ccc(C)c1C. The Morgan fingerprint density at radius 3 is 2.67 bits per heavy atom. The molecule has 0 amide bonds. The van der Waals surface area contributed by atoms with E-state index in [0.717, 1.165) is 34.6 Å². The molecule has 0 saturated carbocycles. The number of ether oxygens (including phenoxy) is 1. The third-order valence-corrected chi connectivity index (χ3v) is 5.78. The zero-order valence-electron chi connectivity index (χ0n) is 12.9. The highest BCUT2D eigenvalue weighted by atomic mass is 32.1. The molecule has 1 unspecified atom stereocenters. The van der Waals surface area contributed by atoms with Crippen LogP contribution in [0.2, 0.25) is 0 Å². The average Bonchev–Trinajstić information content (AvgIpc) is 2.93. The van der Waals surface area contributed by atoms with Crippen LogP contribution in [0.3, 0.4) is 0 Å². The van der Waals surface area contributed by atoms with Gasteiger partial charge in [0.25, 0.3) is 0 Å². The third-order valence-electron chi connectivity index (χ3n) is 4.49. The van der Waals surface area contributed by atoms with Crippen LogP contribution in [0.4, 0.5) is 0 Å². The van der Waals surface area contributed by atoms with E-state index in [0.29, 0.717) is 0 Å². The van der Waals surface area contributed by atoms with E-state index in [1.54, 1.807) is 18.4 Å². The molecular formula is C18H22O2S. The Labute approximate surface area is 130 Å². The summed E-state index contributed by atoms with van der Waals surface area (Å²) < 4.78 is 5.55. The van der Waals surface area contributed by atoms with E-state index in [1.165, 1.54) is 28.8 Å². The van der Waals surface area contributed by atoms with E-state index in [2.05, 4.69) is 19.1 Å². The van der Waals surface area contributed by atoms with Crippen molar-refractivity contribution in [2.45, 2.75) is 45.6 Å². The molecule has 1 aliphatic rings. The first-order valence-electron chi connectivity index (χ1n) is 7.55. The van der Waals surface area contributed by atoms with Gasteiger partial charge in [0, 0.05) is 15.3 Å². The summed E-state index contributed by atoms with van der Waals surface area (Å²) in [5.74, 6) is 0.814. The molecule has 1 atom stereocenters. The van der Waals surface area contributed by atoms with Crippen molar-refractivity contribution in [2.75, 3.05) is 7.11 Å². The predicted molar refractivity (Wildman–Crippen MR) is 87.5 cm³/mol. The normalized spacial score (nSPS) is 15.6. The molecule has 0 fully saturated rings. The van der Waals surface area contributed by atoms with Crippen molar-refractivity contribution in [3.8, 4) is 5.75 Å². The van der Waals surface area contributed by atoms with Crippen molar-refractivity contribution < 1.29 is 9.84 Å². The molecule has 3 rings (SSSR count). The second-order valence-corrected chi connectivity index (χ2v) is 7.01. The van der Waals surface area contributed by atoms with Crippen molar-refractivity contribution in [2.24, 2.45) is 0 Å². The lowest BCUT2D eigenvalue weighted by Crippen LogP contribution is -2.03. The fourth-order valence-corrected chi connectivity index (χ4v) is 4.36. The zero-order valence-corrected chi connectivity index (χ0v) is 13.7. The quantitative estimate of drug-likeness (QED) is 0.914. The van der Waals surface area contributed by atoms with Crippen LogP contribution in [0, 0.1) is 13.8 Å². The van der Waals surface area contributed by atoms with Gasteiger partial charge in [-0.1, -0.05) is 12.1 Å². The highest BCUT2D eigenvalue weighted by Crippen LogP contribution is 2.39. The van der Waals surface area contributed by atoms with Crippen molar-refractivity contribution in [1.29, 1.82) is 0 Å². The minimum absolute atomic E-state index is 0.588. The van der Waals surface area contributed by atoms with Crippen LogP contribution >= 0.6 is 11.3 Å². The molecular weight excluding hydrogens is 280 g/mol. The number of methoxy groups -OCH3 is 1. The highest BCUT2D eigenvalue weighted by Gasteiger charge is 2.22. The van der Waals surface area contributed by atoms with Gasteiger partial charge < -0.3 is 9.84 Å². The maximum Gasteiger partial charge on any atom is 0.128 e. The van der Waals surface area contributed by atoms with E-state index in [9.17, 15) is 5.11 Å². The van der Waals surface area contributed by atoms with Gasteiger partial charge >= 0.3 is 0 Å². The smallest absolute Gasteiger partial charge is 0.128 e. The van der Waals surface area contributed by atoms with Crippen molar-refractivity contribution in [3.63, 3.8) is 0 Å². The fraction of sp³-hybridized carbons (Fsp3) is 0.444. The minimum atomic E-state index is -0.588. The molecule has 0 radical (unpaired) electrons. The summed E-state index contributed by atoms with van der Waals surface area (Å²) in [4.78, 5) is 2.50. The third kappa shape index (κ3) is 2.60. The van der Waals surface area contributed by atoms with Gasteiger partial charge in [0.2, 0.25) is 0 Å². The highest BCUT2D eigenvalue weighted by molar-refractivity contribution is 7.12. The van der Waals surface area contributed by atoms with E-state index in [-0.39, 0.29) is 0 Å². The Morgan fingerprint density at radius 1 is 1.19 bits per heavy atom. The summed E-state index contributed by atoms with van der Waals surface area (Å²) in [6, 6.07) is 6.24. The Balaban J connectivity index is 2.00. The Hall–Kier alpha value is -1.32. The molecule has 112 valence electrons. The molecule has 21 heavy (non-hydrogen) atoms. The van der Waals surface area contributed by atoms with Gasteiger partial charge in [0.1, 0.15) is 11.9 Å². The lowest BCUT2D eigenvalue weighted by atomic mass is 9.97. The van der Waals surface area contributed by atoms with E-state index >= 15 is 0 Å². The van der Waals surface area contributed by atoms with Crippen LogP contribution in [-0.4, -0.2) is 12.2 Å². The Bertz CT molecular complexity index is 634. The lowest BCUT2D eigenvalue weighted by molar-refractivity contribution is 0.218. The molecule has 0 bridgehead atoms. The summed E-state index contributed by atoms with van der Waals surface area (Å²) in [7, 11) is 1.68. The maximum absolute atomic E-state index is 10.8. The maximum atomic E-state index is 10.8. The Morgan fingerprint density at radius 2 is 1.95 bits per heavy atom. The number of hydrogen-bond acceptors (Lipinski definition) is 3. The minimum Gasteiger partial charge on any atom is -0.496 e. The molecule has 1 heterocycles. The summed E-state index contributed by atoms with van der Waals surface area (Å²) in [6.45, 7) is 4.11. The van der Waals surface area contributed by atoms with Crippen LogP contribution in [-0.2, 0) is 12.8 Å². The summed E-state index contributed by atoms with van der Waals surface area (Å²) in [6.07, 6.45) is 4.27. The van der Waals surface area contributed by atoms with Crippen molar-refractivity contribution >= 4 is 11.3 Å². The van der Waals surface area contributed by atoms with Crippen LogP contribution in [0.1, 0.15) is 51.0 Å². The lowest BCUT2D eigenvalue weighted by Gasteiger charge is -2.17. The van der Waals surface area contributed by atoms with Crippen LogP contribution in [0.25, 0.3) is 0 Å². The molecule has 0 aliphatic heterocycles. The number of fused-ring (bicyclic) bond motifs is 1. The van der Waals surface area contributed by atoms with E-state index < -0.39 is 6.10 Å². The standard InChI is InChI=1S/C18H22O2S/c1-11-8-9-14(18(20-3)12(11)2)17(19)16-10-13-6-4-5-7-15(13)21-16/h8-10,17,19H,4-7H2,1-3H3. The first-order chi connectivity index (χ1) is 10.1. The second kappa shape index (κ2) is 5.82. The molecule has 3 heteroatoms. The molecule has 0 spiro atoms. The Kier molecular flexibility index (Phi) is 4.05. The molecule has 0 saturated heterocycles. The van der Waals surface area contributed by atoms with Crippen LogP contribution < -0.4 is 4.74 Å². The second-order valence-electron chi connectivity index (χ2n) is 5.84. The number of aliphatic hydroxyl groups excluding tert-OH is 1. The number of hydrogen-bond donors (Lipinski definition) is 1. The average molecular weight is 302 g/mol. The van der Waals surface area contributed by atoms with Crippen molar-refractivity contribution in [3.05, 3.63) is 50.2 Å². The number of benzene rings is 1. The molecule has 1 aromatic heterocycles. The van der Waals surface area contributed by atoms with Gasteiger partial charge in [-0.3, -0.25) is 0 Å². The number of aryl methyl sites for hydroxylation is 3. The zero-order chi connectivity index (χ0) is 15.0. The first-order valence-corrected chi connectivity index (χ1v) is 8.37. The van der Waals surface area contributed by atoms with Gasteiger partial charge in [0.15, 0.2) is 0 Å². The van der Waals surface area contributed by atoms with Gasteiger partial charge in [-0.25, -0.2) is 0 Å². The van der Waals surface area contributed by atoms with Gasteiger partial charge in [-0.05, 0) is 62.3 Å². The summed E-state index contributed by atoms with van der Waals surface area (Å²) in [5, 5.41) is 10.8. The number of thiophene rings is 1. The monoisotopic (exact) mass is 302 g/mol. The molecule has 1 aliphatic carbocycles. The summed E-state index contributed by atoms with van der Waals surface area (Å²) >= 11 is 1.76. The largest absolute Gasteiger partial charge is 0.496 e. The first kappa shape index (κ1) is 14.6.